The average molecular weight is 290 g/mol. The van der Waals surface area contributed by atoms with Gasteiger partial charge in [-0.15, -0.1) is 0 Å². The highest BCUT2D eigenvalue weighted by Gasteiger charge is 2.17. The zero-order valence-corrected chi connectivity index (χ0v) is 12.6. The molecule has 0 heterocycles. The molecule has 20 heavy (non-hydrogen) atoms. The van der Waals surface area contributed by atoms with E-state index >= 15 is 0 Å². The van der Waals surface area contributed by atoms with Gasteiger partial charge in [0, 0.05) is 0 Å². The Morgan fingerprint density at radius 1 is 0.950 bits per heavy atom. The summed E-state index contributed by atoms with van der Waals surface area (Å²) < 4.78 is 27.3. The van der Waals surface area contributed by atoms with Crippen molar-refractivity contribution in [2.45, 2.75) is 25.7 Å². The Kier molecular flexibility index (Phi) is 3.72. The van der Waals surface area contributed by atoms with E-state index in [0.717, 1.165) is 11.1 Å². The molecule has 0 unspecified atom stereocenters. The van der Waals surface area contributed by atoms with Gasteiger partial charge in [0.1, 0.15) is 0 Å². The van der Waals surface area contributed by atoms with Crippen LogP contribution in [-0.4, -0.2) is 8.42 Å². The van der Waals surface area contributed by atoms with E-state index in [-0.39, 0.29) is 4.90 Å². The summed E-state index contributed by atoms with van der Waals surface area (Å²) in [5, 5.41) is 0. The van der Waals surface area contributed by atoms with Crippen LogP contribution >= 0.6 is 0 Å². The van der Waals surface area contributed by atoms with Crippen molar-refractivity contribution in [2.75, 3.05) is 10.5 Å². The van der Waals surface area contributed by atoms with Crippen molar-refractivity contribution in [3.8, 4) is 0 Å². The second kappa shape index (κ2) is 5.17. The van der Waals surface area contributed by atoms with Gasteiger partial charge in [-0.3, -0.25) is 4.72 Å². The van der Waals surface area contributed by atoms with Crippen molar-refractivity contribution < 1.29 is 8.42 Å². The lowest BCUT2D eigenvalue weighted by atomic mass is 10.2. The van der Waals surface area contributed by atoms with Crippen molar-refractivity contribution in [2.24, 2.45) is 0 Å². The van der Waals surface area contributed by atoms with Gasteiger partial charge >= 0.3 is 0 Å². The summed E-state index contributed by atoms with van der Waals surface area (Å²) in [4.78, 5) is 0.267. The summed E-state index contributed by atoms with van der Waals surface area (Å²) in [5.41, 5.74) is 9.37. The van der Waals surface area contributed by atoms with Gasteiger partial charge in [0.15, 0.2) is 0 Å². The average Bonchev–Trinajstić information content (AvgIpc) is 2.32. The van der Waals surface area contributed by atoms with Gasteiger partial charge in [0.2, 0.25) is 0 Å². The Bertz CT molecular complexity index is 752. The van der Waals surface area contributed by atoms with Crippen LogP contribution in [0.5, 0.6) is 0 Å². The quantitative estimate of drug-likeness (QED) is 0.854. The summed E-state index contributed by atoms with van der Waals surface area (Å²) in [7, 11) is -3.63. The normalized spacial score (nSPS) is 11.3. The van der Waals surface area contributed by atoms with E-state index < -0.39 is 10.0 Å². The number of hydrogen-bond acceptors (Lipinski definition) is 3. The lowest BCUT2D eigenvalue weighted by Crippen LogP contribution is -2.15. The maximum atomic E-state index is 12.4. The number of hydrogen-bond donors (Lipinski definition) is 2. The molecule has 5 heteroatoms. The summed E-state index contributed by atoms with van der Waals surface area (Å²) in [5.74, 6) is 0. The zero-order valence-electron chi connectivity index (χ0n) is 11.8. The summed E-state index contributed by atoms with van der Waals surface area (Å²) in [6.45, 7) is 5.60. The number of sulfonamides is 1. The summed E-state index contributed by atoms with van der Waals surface area (Å²) in [6, 6.07) is 10.5. The first-order valence-electron chi connectivity index (χ1n) is 6.26. The first kappa shape index (κ1) is 14.4. The predicted octanol–water partition coefficient (Wildman–Crippen LogP) is 2.99. The Morgan fingerprint density at radius 2 is 1.55 bits per heavy atom. The van der Waals surface area contributed by atoms with Crippen LogP contribution in [0.2, 0.25) is 0 Å². The van der Waals surface area contributed by atoms with E-state index in [0.29, 0.717) is 16.9 Å². The van der Waals surface area contributed by atoms with Crippen LogP contribution in [0.15, 0.2) is 41.3 Å². The highest BCUT2D eigenvalue weighted by molar-refractivity contribution is 7.92. The molecular formula is C15H18N2O2S. The molecule has 0 aliphatic rings. The maximum absolute atomic E-state index is 12.4. The third-order valence-electron chi connectivity index (χ3n) is 3.07. The fourth-order valence-corrected chi connectivity index (χ4v) is 3.39. The smallest absolute Gasteiger partial charge is 0.262 e. The fourth-order valence-electron chi connectivity index (χ4n) is 2.08. The third kappa shape index (κ3) is 2.93. The molecule has 2 aromatic carbocycles. The van der Waals surface area contributed by atoms with E-state index in [2.05, 4.69) is 4.72 Å². The molecule has 0 aliphatic heterocycles. The molecule has 0 amide bonds. The molecule has 0 aliphatic carbocycles. The number of rotatable bonds is 3. The van der Waals surface area contributed by atoms with Crippen LogP contribution in [0.1, 0.15) is 16.7 Å². The van der Waals surface area contributed by atoms with Gasteiger partial charge < -0.3 is 5.73 Å². The van der Waals surface area contributed by atoms with Crippen molar-refractivity contribution in [3.63, 3.8) is 0 Å². The molecule has 0 radical (unpaired) electrons. The van der Waals surface area contributed by atoms with Crippen LogP contribution < -0.4 is 10.5 Å². The minimum absolute atomic E-state index is 0.267. The first-order chi connectivity index (χ1) is 9.29. The lowest BCUT2D eigenvalue weighted by molar-refractivity contribution is 0.600. The van der Waals surface area contributed by atoms with Gasteiger partial charge in [0.05, 0.1) is 16.3 Å². The van der Waals surface area contributed by atoms with Crippen LogP contribution in [-0.2, 0) is 10.0 Å². The van der Waals surface area contributed by atoms with Crippen molar-refractivity contribution in [3.05, 3.63) is 53.1 Å². The largest absolute Gasteiger partial charge is 0.397 e. The van der Waals surface area contributed by atoms with Crippen LogP contribution in [0.3, 0.4) is 0 Å². The van der Waals surface area contributed by atoms with Gasteiger partial charge in [-0.25, -0.2) is 8.42 Å². The van der Waals surface area contributed by atoms with Crippen LogP contribution in [0.25, 0.3) is 0 Å². The first-order valence-corrected chi connectivity index (χ1v) is 7.74. The highest BCUT2D eigenvalue weighted by atomic mass is 32.2. The molecule has 2 rings (SSSR count). The van der Waals surface area contributed by atoms with Crippen LogP contribution in [0, 0.1) is 20.8 Å². The van der Waals surface area contributed by atoms with Gasteiger partial charge in [-0.2, -0.15) is 0 Å². The number of nitrogens with two attached hydrogens (primary N) is 1. The van der Waals surface area contributed by atoms with Gasteiger partial charge in [-0.05, 0) is 50.1 Å². The second-order valence-electron chi connectivity index (χ2n) is 4.97. The van der Waals surface area contributed by atoms with E-state index in [1.165, 1.54) is 0 Å². The van der Waals surface area contributed by atoms with E-state index in [9.17, 15) is 8.42 Å². The molecule has 0 saturated heterocycles. The monoisotopic (exact) mass is 290 g/mol. The van der Waals surface area contributed by atoms with Crippen molar-refractivity contribution in [1.82, 2.24) is 0 Å². The van der Waals surface area contributed by atoms with E-state index in [1.807, 2.05) is 26.0 Å². The second-order valence-corrected chi connectivity index (χ2v) is 6.62. The fraction of sp³-hybridized carbons (Fsp3) is 0.200. The molecule has 0 bridgehead atoms. The molecule has 0 aromatic heterocycles. The third-order valence-corrected chi connectivity index (χ3v) is 4.60. The Labute approximate surface area is 119 Å². The number of nitrogen functional groups attached to an aromatic ring is 1. The zero-order chi connectivity index (χ0) is 14.9. The minimum Gasteiger partial charge on any atom is -0.397 e. The van der Waals surface area contributed by atoms with Crippen molar-refractivity contribution in [1.29, 1.82) is 0 Å². The standard InChI is InChI=1S/C15H18N2O2S/c1-10-5-7-15(12(3)8-10)20(18,19)17-14-6-4-11(2)9-13(14)16/h4-9,17H,16H2,1-3H3. The van der Waals surface area contributed by atoms with Crippen molar-refractivity contribution >= 4 is 21.4 Å². The molecule has 3 N–H and O–H groups in total. The van der Waals surface area contributed by atoms with Crippen LogP contribution in [0.4, 0.5) is 11.4 Å². The topological polar surface area (TPSA) is 72.2 Å². The summed E-state index contributed by atoms with van der Waals surface area (Å²) in [6.07, 6.45) is 0. The number of aryl methyl sites for hydroxylation is 3. The molecule has 2 aromatic rings. The summed E-state index contributed by atoms with van der Waals surface area (Å²) >= 11 is 0. The SMILES string of the molecule is Cc1ccc(S(=O)(=O)Nc2ccc(C)cc2N)c(C)c1. The number of anilines is 2. The molecule has 0 saturated carbocycles. The molecule has 0 spiro atoms. The highest BCUT2D eigenvalue weighted by Crippen LogP contribution is 2.24. The molecular weight excluding hydrogens is 272 g/mol. The lowest BCUT2D eigenvalue weighted by Gasteiger charge is -2.13. The Hall–Kier alpha value is -2.01. The van der Waals surface area contributed by atoms with E-state index in [1.54, 1.807) is 31.2 Å². The minimum atomic E-state index is -3.63. The van der Waals surface area contributed by atoms with Gasteiger partial charge in [0.25, 0.3) is 10.0 Å². The van der Waals surface area contributed by atoms with Gasteiger partial charge in [-0.1, -0.05) is 23.8 Å². The van der Waals surface area contributed by atoms with E-state index in [4.69, 9.17) is 5.73 Å². The number of nitrogens with one attached hydrogen (secondary N) is 1. The Balaban J connectivity index is 2.41. The Morgan fingerprint density at radius 3 is 2.15 bits per heavy atom. The molecule has 0 atom stereocenters. The number of benzene rings is 2. The molecule has 106 valence electrons. The molecule has 0 fully saturated rings. The maximum Gasteiger partial charge on any atom is 0.262 e. The predicted molar refractivity (Wildman–Crippen MR) is 82.3 cm³/mol. The molecule has 4 nitrogen and oxygen atoms in total.